The minimum absolute atomic E-state index is 0.137. The van der Waals surface area contributed by atoms with E-state index in [2.05, 4.69) is 37.4 Å². The molecule has 0 aromatic heterocycles. The summed E-state index contributed by atoms with van der Waals surface area (Å²) in [5.74, 6) is 0.941. The third kappa shape index (κ3) is 3.27. The first-order valence-corrected chi connectivity index (χ1v) is 6.88. The van der Waals surface area contributed by atoms with Crippen LogP contribution in [0.25, 0.3) is 0 Å². The molecule has 0 bridgehead atoms. The van der Waals surface area contributed by atoms with Crippen LogP contribution >= 0.6 is 0 Å². The Morgan fingerprint density at radius 2 is 2.21 bits per heavy atom. The van der Waals surface area contributed by atoms with Gasteiger partial charge in [-0.15, -0.1) is 0 Å². The van der Waals surface area contributed by atoms with Crippen molar-refractivity contribution in [3.8, 4) is 11.8 Å². The van der Waals surface area contributed by atoms with Crippen molar-refractivity contribution >= 4 is 0 Å². The van der Waals surface area contributed by atoms with Gasteiger partial charge in [0.2, 0.25) is 0 Å². The molecule has 1 unspecified atom stereocenters. The molecule has 2 rings (SSSR count). The Morgan fingerprint density at radius 3 is 2.74 bits per heavy atom. The van der Waals surface area contributed by atoms with Crippen LogP contribution in [0.15, 0.2) is 18.2 Å². The summed E-state index contributed by atoms with van der Waals surface area (Å²) in [4.78, 5) is 0. The normalized spacial score (nSPS) is 17.6. The van der Waals surface area contributed by atoms with Crippen LogP contribution in [0.5, 0.6) is 5.75 Å². The van der Waals surface area contributed by atoms with Gasteiger partial charge in [0.15, 0.2) is 0 Å². The monoisotopic (exact) mass is 258 g/mol. The first-order valence-electron chi connectivity index (χ1n) is 6.88. The van der Waals surface area contributed by atoms with E-state index in [1.54, 1.807) is 0 Å². The highest BCUT2D eigenvalue weighted by Gasteiger charge is 2.43. The van der Waals surface area contributed by atoms with Gasteiger partial charge in [0.25, 0.3) is 0 Å². The molecule has 3 heteroatoms. The molecule has 0 aliphatic heterocycles. The summed E-state index contributed by atoms with van der Waals surface area (Å²) < 4.78 is 5.91. The van der Waals surface area contributed by atoms with Crippen LogP contribution in [0.1, 0.15) is 43.4 Å². The fraction of sp³-hybridized carbons (Fsp3) is 0.562. The van der Waals surface area contributed by atoms with Crippen LogP contribution in [0.4, 0.5) is 0 Å². The molecular formula is C16H22N2O. The average molecular weight is 258 g/mol. The van der Waals surface area contributed by atoms with Gasteiger partial charge < -0.3 is 10.1 Å². The Labute approximate surface area is 115 Å². The zero-order valence-corrected chi connectivity index (χ0v) is 12.0. The molecule has 1 aromatic rings. The maximum absolute atomic E-state index is 8.81. The molecule has 1 atom stereocenters. The van der Waals surface area contributed by atoms with Crippen LogP contribution in [0.2, 0.25) is 0 Å². The molecule has 0 heterocycles. The van der Waals surface area contributed by atoms with Gasteiger partial charge in [0.1, 0.15) is 5.75 Å². The van der Waals surface area contributed by atoms with E-state index in [0.717, 1.165) is 24.2 Å². The minimum atomic E-state index is 0.137. The summed E-state index contributed by atoms with van der Waals surface area (Å²) in [6.45, 7) is 4.88. The van der Waals surface area contributed by atoms with E-state index >= 15 is 0 Å². The first-order chi connectivity index (χ1) is 9.10. The summed E-state index contributed by atoms with van der Waals surface area (Å²) in [6, 6.07) is 8.93. The summed E-state index contributed by atoms with van der Waals surface area (Å²) in [6.07, 6.45) is 2.85. The van der Waals surface area contributed by atoms with Crippen molar-refractivity contribution in [3.05, 3.63) is 29.3 Å². The highest BCUT2D eigenvalue weighted by atomic mass is 16.5. The topological polar surface area (TPSA) is 45.0 Å². The average Bonchev–Trinajstić information content (AvgIpc) is 3.17. The van der Waals surface area contributed by atoms with E-state index in [9.17, 15) is 0 Å². The van der Waals surface area contributed by atoms with Gasteiger partial charge in [-0.2, -0.15) is 5.26 Å². The zero-order chi connectivity index (χ0) is 13.9. The lowest BCUT2D eigenvalue weighted by Crippen LogP contribution is -2.14. The highest BCUT2D eigenvalue weighted by molar-refractivity contribution is 5.37. The Hall–Kier alpha value is -1.53. The highest BCUT2D eigenvalue weighted by Crippen LogP contribution is 2.48. The molecule has 1 saturated carbocycles. The molecule has 0 radical (unpaired) electrons. The number of aryl methyl sites for hydroxylation is 1. The van der Waals surface area contributed by atoms with E-state index in [4.69, 9.17) is 10.00 Å². The van der Waals surface area contributed by atoms with Crippen molar-refractivity contribution in [1.29, 1.82) is 5.26 Å². The molecule has 1 aromatic carbocycles. The predicted molar refractivity (Wildman–Crippen MR) is 76.0 cm³/mol. The van der Waals surface area contributed by atoms with Crippen LogP contribution in [-0.2, 0) is 0 Å². The van der Waals surface area contributed by atoms with Gasteiger partial charge in [-0.05, 0) is 50.9 Å². The molecule has 1 N–H and O–H groups in total. The molecule has 0 saturated heterocycles. The van der Waals surface area contributed by atoms with Crippen LogP contribution in [0, 0.1) is 23.7 Å². The van der Waals surface area contributed by atoms with Gasteiger partial charge in [-0.25, -0.2) is 0 Å². The van der Waals surface area contributed by atoms with Crippen molar-refractivity contribution < 1.29 is 4.74 Å². The maximum atomic E-state index is 8.81. The predicted octanol–water partition coefficient (Wildman–Crippen LogP) is 3.35. The number of nitrogens with zero attached hydrogens (tertiary/aromatic N) is 1. The standard InChI is InChI=1S/C16H22N2O/c1-12-10-14(13(2)18-3)4-5-15(12)19-11-16(6-7-16)8-9-17/h4-5,10,13,18H,6-8,11H2,1-3H3. The largest absolute Gasteiger partial charge is 0.493 e. The number of nitrogens with one attached hydrogen (secondary N) is 1. The van der Waals surface area contributed by atoms with E-state index in [1.807, 2.05) is 13.1 Å². The number of rotatable bonds is 6. The molecule has 1 aliphatic carbocycles. The summed E-state index contributed by atoms with van der Waals surface area (Å²) in [5.41, 5.74) is 2.57. The SMILES string of the molecule is CNC(C)c1ccc(OCC2(CC#N)CC2)c(C)c1. The van der Waals surface area contributed by atoms with Crippen LogP contribution in [-0.4, -0.2) is 13.7 Å². The first kappa shape index (κ1) is 13.9. The van der Waals surface area contributed by atoms with Gasteiger partial charge in [-0.3, -0.25) is 0 Å². The number of hydrogen-bond acceptors (Lipinski definition) is 3. The Kier molecular flexibility index (Phi) is 4.11. The minimum Gasteiger partial charge on any atom is -0.493 e. The maximum Gasteiger partial charge on any atom is 0.122 e. The molecular weight excluding hydrogens is 236 g/mol. The van der Waals surface area contributed by atoms with Crippen molar-refractivity contribution in [2.24, 2.45) is 5.41 Å². The lowest BCUT2D eigenvalue weighted by atomic mass is 10.0. The smallest absolute Gasteiger partial charge is 0.122 e. The Morgan fingerprint density at radius 1 is 1.47 bits per heavy atom. The van der Waals surface area contributed by atoms with Crippen molar-refractivity contribution in [2.75, 3.05) is 13.7 Å². The summed E-state index contributed by atoms with van der Waals surface area (Å²) in [5, 5.41) is 12.0. The van der Waals surface area contributed by atoms with E-state index in [0.29, 0.717) is 19.1 Å². The third-order valence-corrected chi connectivity index (χ3v) is 4.08. The Balaban J connectivity index is 2.00. The van der Waals surface area contributed by atoms with Gasteiger partial charge in [0, 0.05) is 17.9 Å². The van der Waals surface area contributed by atoms with Crippen molar-refractivity contribution in [1.82, 2.24) is 5.32 Å². The molecule has 1 fully saturated rings. The second-order valence-corrected chi connectivity index (χ2v) is 5.66. The Bertz CT molecular complexity index is 486. The van der Waals surface area contributed by atoms with E-state index in [1.165, 1.54) is 5.56 Å². The quantitative estimate of drug-likeness (QED) is 0.851. The van der Waals surface area contributed by atoms with E-state index < -0.39 is 0 Å². The third-order valence-electron chi connectivity index (χ3n) is 4.08. The van der Waals surface area contributed by atoms with Crippen LogP contribution < -0.4 is 10.1 Å². The summed E-state index contributed by atoms with van der Waals surface area (Å²) in [7, 11) is 1.96. The number of nitriles is 1. The number of benzene rings is 1. The molecule has 1 aliphatic rings. The summed E-state index contributed by atoms with van der Waals surface area (Å²) >= 11 is 0. The van der Waals surface area contributed by atoms with Gasteiger partial charge in [0.05, 0.1) is 12.7 Å². The van der Waals surface area contributed by atoms with E-state index in [-0.39, 0.29) is 5.41 Å². The van der Waals surface area contributed by atoms with Crippen LogP contribution in [0.3, 0.4) is 0 Å². The fourth-order valence-corrected chi connectivity index (χ4v) is 2.22. The second-order valence-electron chi connectivity index (χ2n) is 5.66. The van der Waals surface area contributed by atoms with Gasteiger partial charge >= 0.3 is 0 Å². The zero-order valence-electron chi connectivity index (χ0n) is 12.0. The molecule has 0 amide bonds. The second kappa shape index (κ2) is 5.63. The number of hydrogen-bond donors (Lipinski definition) is 1. The molecule has 0 spiro atoms. The van der Waals surface area contributed by atoms with Crippen molar-refractivity contribution in [2.45, 2.75) is 39.2 Å². The van der Waals surface area contributed by atoms with Crippen molar-refractivity contribution in [3.63, 3.8) is 0 Å². The number of ether oxygens (including phenoxy) is 1. The fourth-order valence-electron chi connectivity index (χ4n) is 2.22. The lowest BCUT2D eigenvalue weighted by molar-refractivity contribution is 0.235. The lowest BCUT2D eigenvalue weighted by Gasteiger charge is -2.17. The molecule has 3 nitrogen and oxygen atoms in total. The molecule has 102 valence electrons. The molecule has 19 heavy (non-hydrogen) atoms. The van der Waals surface area contributed by atoms with Gasteiger partial charge in [-0.1, -0.05) is 12.1 Å².